The molecule has 0 heterocycles. The molecule has 2 rings (SSSR count). The molecular formula is C21H25N3O5S. The summed E-state index contributed by atoms with van der Waals surface area (Å²) in [6.45, 7) is 1.28. The number of primary amides is 1. The van der Waals surface area contributed by atoms with Gasteiger partial charge in [0.15, 0.2) is 9.84 Å². The summed E-state index contributed by atoms with van der Waals surface area (Å²) in [5.41, 5.74) is 6.18. The number of nitrogens with one attached hydrogen (secondary N) is 2. The van der Waals surface area contributed by atoms with Crippen molar-refractivity contribution in [3.63, 3.8) is 0 Å². The Balaban J connectivity index is 2.08. The zero-order valence-corrected chi connectivity index (χ0v) is 17.4. The van der Waals surface area contributed by atoms with Crippen molar-refractivity contribution in [2.45, 2.75) is 36.7 Å². The molecule has 0 aliphatic heterocycles. The molecule has 0 saturated heterocycles. The zero-order chi connectivity index (χ0) is 22.1. The van der Waals surface area contributed by atoms with Crippen LogP contribution in [0.2, 0.25) is 0 Å². The van der Waals surface area contributed by atoms with Gasteiger partial charge in [-0.05, 0) is 24.1 Å². The first-order valence-electron chi connectivity index (χ1n) is 9.37. The largest absolute Gasteiger partial charge is 0.368 e. The van der Waals surface area contributed by atoms with Crippen molar-refractivity contribution >= 4 is 27.6 Å². The van der Waals surface area contributed by atoms with E-state index in [1.807, 2.05) is 6.07 Å². The first kappa shape index (κ1) is 23.1. The maximum absolute atomic E-state index is 12.7. The van der Waals surface area contributed by atoms with E-state index in [1.54, 1.807) is 42.5 Å². The van der Waals surface area contributed by atoms with Gasteiger partial charge in [-0.3, -0.25) is 14.4 Å². The molecule has 0 radical (unpaired) electrons. The second-order valence-electron chi connectivity index (χ2n) is 6.83. The third kappa shape index (κ3) is 7.00. The third-order valence-corrected chi connectivity index (χ3v) is 6.18. The fourth-order valence-electron chi connectivity index (χ4n) is 2.88. The summed E-state index contributed by atoms with van der Waals surface area (Å²) >= 11 is 0. The molecule has 0 saturated carbocycles. The van der Waals surface area contributed by atoms with E-state index in [4.69, 9.17) is 5.73 Å². The monoisotopic (exact) mass is 431 g/mol. The summed E-state index contributed by atoms with van der Waals surface area (Å²) in [6, 6.07) is 14.7. The summed E-state index contributed by atoms with van der Waals surface area (Å²) in [5, 5.41) is 5.02. The summed E-state index contributed by atoms with van der Waals surface area (Å²) in [7, 11) is -3.64. The van der Waals surface area contributed by atoms with Gasteiger partial charge < -0.3 is 16.4 Å². The van der Waals surface area contributed by atoms with E-state index in [1.165, 1.54) is 19.1 Å². The van der Waals surface area contributed by atoms with E-state index < -0.39 is 39.6 Å². The van der Waals surface area contributed by atoms with Crippen molar-refractivity contribution in [1.82, 2.24) is 10.6 Å². The molecule has 4 N–H and O–H groups in total. The second kappa shape index (κ2) is 10.5. The van der Waals surface area contributed by atoms with Crippen molar-refractivity contribution in [1.29, 1.82) is 0 Å². The van der Waals surface area contributed by atoms with Crippen molar-refractivity contribution in [3.8, 4) is 0 Å². The summed E-state index contributed by atoms with van der Waals surface area (Å²) in [5.74, 6) is -2.25. The van der Waals surface area contributed by atoms with Gasteiger partial charge in [-0.25, -0.2) is 8.42 Å². The highest BCUT2D eigenvalue weighted by atomic mass is 32.2. The molecule has 9 heteroatoms. The lowest BCUT2D eigenvalue weighted by molar-refractivity contribution is -0.130. The van der Waals surface area contributed by atoms with Crippen LogP contribution < -0.4 is 16.4 Å². The van der Waals surface area contributed by atoms with Crippen LogP contribution in [0.15, 0.2) is 65.6 Å². The van der Waals surface area contributed by atoms with E-state index in [9.17, 15) is 22.8 Å². The normalized spacial score (nSPS) is 13.1. The van der Waals surface area contributed by atoms with E-state index in [-0.39, 0.29) is 23.5 Å². The van der Waals surface area contributed by atoms with Crippen LogP contribution in [0.5, 0.6) is 0 Å². The average molecular weight is 432 g/mol. The third-order valence-electron chi connectivity index (χ3n) is 4.41. The van der Waals surface area contributed by atoms with Gasteiger partial charge in [-0.1, -0.05) is 48.5 Å². The first-order chi connectivity index (χ1) is 14.2. The molecule has 160 valence electrons. The predicted octanol–water partition coefficient (Wildman–Crippen LogP) is 0.568. The number of sulfone groups is 1. The molecule has 30 heavy (non-hydrogen) atoms. The maximum atomic E-state index is 12.7. The lowest BCUT2D eigenvalue weighted by atomic mass is 10.0. The lowest BCUT2D eigenvalue weighted by Crippen LogP contribution is -2.53. The Bertz CT molecular complexity index is 978. The van der Waals surface area contributed by atoms with Gasteiger partial charge in [-0.15, -0.1) is 0 Å². The lowest BCUT2D eigenvalue weighted by Gasteiger charge is -2.21. The quantitative estimate of drug-likeness (QED) is 0.505. The standard InChI is InChI=1S/C21H25N3O5S/c1-15(25)23-19(14-16-8-4-2-5-9-16)21(27)24-18(20(22)26)12-13-30(28,29)17-10-6-3-7-11-17/h2-11,18-19H,12-14H2,1H3,(H2,22,26)(H,23,25)(H,24,27)/t18-,19-/m1/s1. The maximum Gasteiger partial charge on any atom is 0.243 e. The van der Waals surface area contributed by atoms with Crippen LogP contribution in [0, 0.1) is 0 Å². The molecule has 0 aliphatic carbocycles. The molecule has 8 nitrogen and oxygen atoms in total. The number of carbonyl (C=O) groups excluding carboxylic acids is 3. The number of nitrogens with two attached hydrogens (primary N) is 1. The van der Waals surface area contributed by atoms with Crippen molar-refractivity contribution in [2.24, 2.45) is 5.73 Å². The number of benzene rings is 2. The van der Waals surface area contributed by atoms with Gasteiger partial charge in [0.1, 0.15) is 12.1 Å². The summed E-state index contributed by atoms with van der Waals surface area (Å²) < 4.78 is 24.9. The predicted molar refractivity (Wildman–Crippen MR) is 112 cm³/mol. The Kier molecular flexibility index (Phi) is 8.11. The molecular weight excluding hydrogens is 406 g/mol. The number of hydrogen-bond donors (Lipinski definition) is 3. The van der Waals surface area contributed by atoms with Gasteiger partial charge in [-0.2, -0.15) is 0 Å². The average Bonchev–Trinajstić information content (AvgIpc) is 2.71. The highest BCUT2D eigenvalue weighted by Crippen LogP contribution is 2.12. The number of amides is 3. The van der Waals surface area contributed by atoms with E-state index in [0.717, 1.165) is 5.56 Å². The van der Waals surface area contributed by atoms with E-state index in [0.29, 0.717) is 0 Å². The van der Waals surface area contributed by atoms with Crippen LogP contribution in [-0.2, 0) is 30.6 Å². The minimum Gasteiger partial charge on any atom is -0.368 e. The minimum atomic E-state index is -3.64. The SMILES string of the molecule is CC(=O)N[C@H](Cc1ccccc1)C(=O)N[C@H](CCS(=O)(=O)c1ccccc1)C(N)=O. The molecule has 0 aliphatic rings. The Labute approximate surface area is 175 Å². The van der Waals surface area contributed by atoms with Crippen molar-refractivity contribution < 1.29 is 22.8 Å². The number of carbonyl (C=O) groups is 3. The number of rotatable bonds is 10. The minimum absolute atomic E-state index is 0.125. The van der Waals surface area contributed by atoms with Crippen LogP contribution in [-0.4, -0.2) is 44.0 Å². The Hall–Kier alpha value is -3.20. The fourth-order valence-corrected chi connectivity index (χ4v) is 4.23. The van der Waals surface area contributed by atoms with Gasteiger partial charge in [0.05, 0.1) is 10.6 Å². The van der Waals surface area contributed by atoms with Crippen molar-refractivity contribution in [2.75, 3.05) is 5.75 Å². The van der Waals surface area contributed by atoms with Crippen LogP contribution in [0.4, 0.5) is 0 Å². The second-order valence-corrected chi connectivity index (χ2v) is 8.94. The van der Waals surface area contributed by atoms with Crippen LogP contribution in [0.1, 0.15) is 18.9 Å². The van der Waals surface area contributed by atoms with Gasteiger partial charge in [0, 0.05) is 13.3 Å². The number of hydrogen-bond acceptors (Lipinski definition) is 5. The highest BCUT2D eigenvalue weighted by molar-refractivity contribution is 7.91. The van der Waals surface area contributed by atoms with E-state index >= 15 is 0 Å². The van der Waals surface area contributed by atoms with Crippen LogP contribution in [0.3, 0.4) is 0 Å². The first-order valence-corrected chi connectivity index (χ1v) is 11.0. The topological polar surface area (TPSA) is 135 Å². The van der Waals surface area contributed by atoms with Gasteiger partial charge in [0.25, 0.3) is 0 Å². The fraction of sp³-hybridized carbons (Fsp3) is 0.286. The van der Waals surface area contributed by atoms with Gasteiger partial charge >= 0.3 is 0 Å². The molecule has 2 atom stereocenters. The Morgan fingerprint density at radius 3 is 2.00 bits per heavy atom. The molecule has 2 aromatic rings. The van der Waals surface area contributed by atoms with E-state index in [2.05, 4.69) is 10.6 Å². The smallest absolute Gasteiger partial charge is 0.243 e. The highest BCUT2D eigenvalue weighted by Gasteiger charge is 2.27. The van der Waals surface area contributed by atoms with Gasteiger partial charge in [0.2, 0.25) is 17.7 Å². The molecule has 0 aromatic heterocycles. The zero-order valence-electron chi connectivity index (χ0n) is 16.6. The molecule has 3 amide bonds. The Morgan fingerprint density at radius 2 is 1.47 bits per heavy atom. The van der Waals surface area contributed by atoms with Crippen LogP contribution >= 0.6 is 0 Å². The summed E-state index contributed by atoms with van der Waals surface area (Å²) in [4.78, 5) is 36.2. The molecule has 0 fully saturated rings. The molecule has 2 aromatic carbocycles. The summed E-state index contributed by atoms with van der Waals surface area (Å²) in [6.07, 6.45) is 0.0243. The Morgan fingerprint density at radius 1 is 0.900 bits per heavy atom. The van der Waals surface area contributed by atoms with Crippen molar-refractivity contribution in [3.05, 3.63) is 66.2 Å². The molecule has 0 unspecified atom stereocenters. The molecule has 0 bridgehead atoms. The molecule has 0 spiro atoms. The van der Waals surface area contributed by atoms with Crippen LogP contribution in [0.25, 0.3) is 0 Å².